The van der Waals surface area contributed by atoms with Crippen molar-refractivity contribution in [2.45, 2.75) is 38.1 Å². The lowest BCUT2D eigenvalue weighted by atomic mass is 9.96. The maximum atomic E-state index is 13.7. The highest BCUT2D eigenvalue weighted by Crippen LogP contribution is 2.36. The minimum atomic E-state index is -0.525. The molecule has 1 aliphatic rings. The van der Waals surface area contributed by atoms with Crippen molar-refractivity contribution < 1.29 is 4.39 Å². The lowest BCUT2D eigenvalue weighted by Gasteiger charge is -2.21. The minimum absolute atomic E-state index is 0.00552. The first kappa shape index (κ1) is 14.7. The fourth-order valence-electron chi connectivity index (χ4n) is 2.85. The molecule has 2 aromatic rings. The molecule has 0 radical (unpaired) electrons. The van der Waals surface area contributed by atoms with Crippen molar-refractivity contribution in [2.75, 3.05) is 5.73 Å². The van der Waals surface area contributed by atoms with Crippen LogP contribution in [0.5, 0.6) is 0 Å². The second-order valence-electron chi connectivity index (χ2n) is 5.45. The Morgan fingerprint density at radius 3 is 2.57 bits per heavy atom. The van der Waals surface area contributed by atoms with Crippen LogP contribution in [0.1, 0.15) is 38.1 Å². The van der Waals surface area contributed by atoms with E-state index in [0.717, 1.165) is 12.8 Å². The van der Waals surface area contributed by atoms with Gasteiger partial charge in [0, 0.05) is 11.8 Å². The zero-order chi connectivity index (χ0) is 15.0. The number of nitrogens with two attached hydrogens (primary N) is 1. The first-order chi connectivity index (χ1) is 10.1. The van der Waals surface area contributed by atoms with Gasteiger partial charge in [-0.25, -0.2) is 4.39 Å². The van der Waals surface area contributed by atoms with Crippen LogP contribution in [-0.4, -0.2) is 9.78 Å². The Kier molecular flexibility index (Phi) is 4.09. The molecule has 1 saturated carbocycles. The Balaban J connectivity index is 1.99. The van der Waals surface area contributed by atoms with Gasteiger partial charge in [-0.3, -0.25) is 4.68 Å². The molecule has 1 aromatic heterocycles. The van der Waals surface area contributed by atoms with E-state index in [0.29, 0.717) is 28.0 Å². The molecule has 0 atom stereocenters. The van der Waals surface area contributed by atoms with E-state index in [2.05, 4.69) is 5.10 Å². The largest absolute Gasteiger partial charge is 0.396 e. The molecule has 1 aliphatic carbocycles. The van der Waals surface area contributed by atoms with Crippen molar-refractivity contribution in [3.63, 3.8) is 0 Å². The van der Waals surface area contributed by atoms with Gasteiger partial charge in [0.2, 0.25) is 0 Å². The molecule has 0 unspecified atom stereocenters. The van der Waals surface area contributed by atoms with Gasteiger partial charge in [-0.15, -0.1) is 0 Å². The molecular weight excluding hydrogens is 312 g/mol. The van der Waals surface area contributed by atoms with Gasteiger partial charge in [-0.2, -0.15) is 5.10 Å². The molecule has 112 valence electrons. The summed E-state index contributed by atoms with van der Waals surface area (Å²) in [4.78, 5) is 0. The second-order valence-corrected chi connectivity index (χ2v) is 6.27. The Morgan fingerprint density at radius 2 is 1.86 bits per heavy atom. The summed E-state index contributed by atoms with van der Waals surface area (Å²) in [5.41, 5.74) is 7.54. The lowest BCUT2D eigenvalue weighted by molar-refractivity contribution is 0.330. The van der Waals surface area contributed by atoms with Crippen LogP contribution in [0.3, 0.4) is 0 Å². The van der Waals surface area contributed by atoms with E-state index in [9.17, 15) is 4.39 Å². The predicted molar refractivity (Wildman–Crippen MR) is 84.2 cm³/mol. The SMILES string of the molecule is Nc1cn(C2CCCCC2)nc1-c1cc(F)c(Cl)cc1Cl. The van der Waals surface area contributed by atoms with E-state index in [1.54, 1.807) is 0 Å². The fraction of sp³-hybridized carbons (Fsp3) is 0.400. The maximum absolute atomic E-state index is 13.7. The first-order valence-electron chi connectivity index (χ1n) is 7.06. The molecular formula is C15H16Cl2FN3. The van der Waals surface area contributed by atoms with Crippen molar-refractivity contribution in [1.29, 1.82) is 0 Å². The van der Waals surface area contributed by atoms with Crippen LogP contribution in [-0.2, 0) is 0 Å². The molecule has 3 nitrogen and oxygen atoms in total. The number of nitrogens with zero attached hydrogens (tertiary/aromatic N) is 2. The molecule has 0 aliphatic heterocycles. The number of halogens is 3. The van der Waals surface area contributed by atoms with E-state index in [-0.39, 0.29) is 5.02 Å². The highest BCUT2D eigenvalue weighted by molar-refractivity contribution is 6.36. The molecule has 0 bridgehead atoms. The zero-order valence-electron chi connectivity index (χ0n) is 11.5. The monoisotopic (exact) mass is 327 g/mol. The van der Waals surface area contributed by atoms with Gasteiger partial charge < -0.3 is 5.73 Å². The molecule has 3 rings (SSSR count). The van der Waals surface area contributed by atoms with Gasteiger partial charge in [0.05, 0.1) is 21.8 Å². The van der Waals surface area contributed by atoms with E-state index in [4.69, 9.17) is 28.9 Å². The number of hydrogen-bond acceptors (Lipinski definition) is 2. The van der Waals surface area contributed by atoms with Crippen molar-refractivity contribution in [3.05, 3.63) is 34.2 Å². The number of benzene rings is 1. The Morgan fingerprint density at radius 1 is 1.14 bits per heavy atom. The van der Waals surface area contributed by atoms with Gasteiger partial charge in [-0.1, -0.05) is 42.5 Å². The summed E-state index contributed by atoms with van der Waals surface area (Å²) in [6, 6.07) is 3.03. The summed E-state index contributed by atoms with van der Waals surface area (Å²) in [5.74, 6) is -0.525. The van der Waals surface area contributed by atoms with Crippen molar-refractivity contribution in [1.82, 2.24) is 9.78 Å². The minimum Gasteiger partial charge on any atom is -0.396 e. The number of nitrogen functional groups attached to an aromatic ring is 1. The van der Waals surface area contributed by atoms with Crippen LogP contribution in [0, 0.1) is 5.82 Å². The first-order valence-corrected chi connectivity index (χ1v) is 7.81. The summed E-state index contributed by atoms with van der Waals surface area (Å²) in [5, 5.41) is 4.88. The Labute approximate surface area is 132 Å². The highest BCUT2D eigenvalue weighted by Gasteiger charge is 2.20. The maximum Gasteiger partial charge on any atom is 0.142 e. The summed E-state index contributed by atoms with van der Waals surface area (Å²) in [7, 11) is 0. The zero-order valence-corrected chi connectivity index (χ0v) is 13.0. The second kappa shape index (κ2) is 5.85. The molecule has 6 heteroatoms. The topological polar surface area (TPSA) is 43.8 Å². The third-order valence-electron chi connectivity index (χ3n) is 3.97. The van der Waals surface area contributed by atoms with Crippen molar-refractivity contribution in [3.8, 4) is 11.3 Å². The van der Waals surface area contributed by atoms with Gasteiger partial charge in [0.25, 0.3) is 0 Å². The quantitative estimate of drug-likeness (QED) is 0.781. The third kappa shape index (κ3) is 2.87. The molecule has 21 heavy (non-hydrogen) atoms. The number of aromatic nitrogens is 2. The number of anilines is 1. The molecule has 0 amide bonds. The average Bonchev–Trinajstić information content (AvgIpc) is 2.86. The molecule has 0 spiro atoms. The van der Waals surface area contributed by atoms with Gasteiger partial charge in [0.15, 0.2) is 0 Å². The van der Waals surface area contributed by atoms with Crippen molar-refractivity contribution in [2.24, 2.45) is 0 Å². The predicted octanol–water partition coefficient (Wildman–Crippen LogP) is 5.08. The van der Waals surface area contributed by atoms with Crippen LogP contribution in [0.25, 0.3) is 11.3 Å². The van der Waals surface area contributed by atoms with E-state index in [1.807, 2.05) is 10.9 Å². The van der Waals surface area contributed by atoms with Crippen LogP contribution < -0.4 is 5.73 Å². The summed E-state index contributed by atoms with van der Waals surface area (Å²) in [6.07, 6.45) is 7.70. The molecule has 1 heterocycles. The summed E-state index contributed by atoms with van der Waals surface area (Å²) < 4.78 is 15.6. The molecule has 1 aromatic carbocycles. The summed E-state index contributed by atoms with van der Waals surface area (Å²) in [6.45, 7) is 0. The standard InChI is InChI=1S/C15H16Cl2FN3/c16-11-7-12(17)13(18)6-10(11)15-14(19)8-21(20-15)9-4-2-1-3-5-9/h6-9H,1-5,19H2. The smallest absolute Gasteiger partial charge is 0.142 e. The van der Waals surface area contributed by atoms with Gasteiger partial charge in [0.1, 0.15) is 11.5 Å². The average molecular weight is 328 g/mol. The van der Waals surface area contributed by atoms with Crippen LogP contribution >= 0.6 is 23.2 Å². The van der Waals surface area contributed by atoms with Crippen LogP contribution in [0.2, 0.25) is 10.0 Å². The van der Waals surface area contributed by atoms with Gasteiger partial charge in [-0.05, 0) is 25.0 Å². The molecule has 1 fully saturated rings. The fourth-order valence-corrected chi connectivity index (χ4v) is 3.32. The van der Waals surface area contributed by atoms with E-state index in [1.165, 1.54) is 31.4 Å². The Hall–Kier alpha value is -1.26. The van der Waals surface area contributed by atoms with Crippen LogP contribution in [0.4, 0.5) is 10.1 Å². The van der Waals surface area contributed by atoms with E-state index < -0.39 is 5.82 Å². The lowest BCUT2D eigenvalue weighted by Crippen LogP contribution is -2.13. The van der Waals surface area contributed by atoms with E-state index >= 15 is 0 Å². The third-order valence-corrected chi connectivity index (χ3v) is 4.58. The number of rotatable bonds is 2. The van der Waals surface area contributed by atoms with Gasteiger partial charge >= 0.3 is 0 Å². The molecule has 2 N–H and O–H groups in total. The molecule has 0 saturated heterocycles. The van der Waals surface area contributed by atoms with Crippen molar-refractivity contribution >= 4 is 28.9 Å². The summed E-state index contributed by atoms with van der Waals surface area (Å²) >= 11 is 11.9. The Bertz CT molecular complexity index is 663. The number of hydrogen-bond donors (Lipinski definition) is 1. The normalized spacial score (nSPS) is 16.3. The highest BCUT2D eigenvalue weighted by atomic mass is 35.5. The van der Waals surface area contributed by atoms with Crippen LogP contribution in [0.15, 0.2) is 18.3 Å².